The van der Waals surface area contributed by atoms with Gasteiger partial charge in [0, 0.05) is 18.2 Å². The van der Waals surface area contributed by atoms with Crippen LogP contribution in [0, 0.1) is 10.1 Å². The summed E-state index contributed by atoms with van der Waals surface area (Å²) < 4.78 is 5.48. The molecule has 0 radical (unpaired) electrons. The summed E-state index contributed by atoms with van der Waals surface area (Å²) in [5.41, 5.74) is 2.46. The van der Waals surface area contributed by atoms with Crippen LogP contribution in [0.25, 0.3) is 0 Å². The number of anilines is 1. The number of rotatable bonds is 3. The lowest BCUT2D eigenvalue weighted by Gasteiger charge is -2.36. The normalized spacial score (nSPS) is 22.0. The molecule has 8 heteroatoms. The Labute approximate surface area is 122 Å². The van der Waals surface area contributed by atoms with Crippen molar-refractivity contribution in [1.82, 2.24) is 4.90 Å². The number of hydrogen-bond acceptors (Lipinski definition) is 6. The number of hydrazine groups is 1. The summed E-state index contributed by atoms with van der Waals surface area (Å²) in [4.78, 5) is 24.6. The van der Waals surface area contributed by atoms with Crippen molar-refractivity contribution < 1.29 is 14.5 Å². The van der Waals surface area contributed by atoms with Crippen LogP contribution in [-0.4, -0.2) is 41.0 Å². The van der Waals surface area contributed by atoms with Gasteiger partial charge in [0.2, 0.25) is 0 Å². The number of amides is 1. The Morgan fingerprint density at radius 2 is 2.24 bits per heavy atom. The van der Waals surface area contributed by atoms with Crippen LogP contribution in [0.15, 0.2) is 18.2 Å². The van der Waals surface area contributed by atoms with Crippen molar-refractivity contribution in [2.45, 2.75) is 26.0 Å². The molecule has 0 bridgehead atoms. The van der Waals surface area contributed by atoms with E-state index in [0.717, 1.165) is 0 Å². The SMILES string of the molecule is CC1CN(C(=O)c2ccc(NN)c([N+](=O)[O-])c2)C(C)CO1. The van der Waals surface area contributed by atoms with Crippen LogP contribution < -0.4 is 11.3 Å². The molecule has 1 amide bonds. The molecule has 0 spiro atoms. The molecular weight excluding hydrogens is 276 g/mol. The van der Waals surface area contributed by atoms with Crippen LogP contribution in [0.1, 0.15) is 24.2 Å². The Morgan fingerprint density at radius 3 is 2.86 bits per heavy atom. The van der Waals surface area contributed by atoms with E-state index in [2.05, 4.69) is 5.43 Å². The highest BCUT2D eigenvalue weighted by Gasteiger charge is 2.29. The zero-order chi connectivity index (χ0) is 15.6. The first-order valence-corrected chi connectivity index (χ1v) is 6.61. The van der Waals surface area contributed by atoms with Crippen LogP contribution in [0.2, 0.25) is 0 Å². The first kappa shape index (κ1) is 15.2. The third kappa shape index (κ3) is 3.11. The third-order valence-corrected chi connectivity index (χ3v) is 3.47. The topological polar surface area (TPSA) is 111 Å². The average molecular weight is 294 g/mol. The number of ether oxygens (including phenoxy) is 1. The largest absolute Gasteiger partial charge is 0.375 e. The van der Waals surface area contributed by atoms with Crippen molar-refractivity contribution in [3.05, 3.63) is 33.9 Å². The Balaban J connectivity index is 2.30. The van der Waals surface area contributed by atoms with Crippen LogP contribution in [0.3, 0.4) is 0 Å². The van der Waals surface area contributed by atoms with Gasteiger partial charge < -0.3 is 15.1 Å². The summed E-state index contributed by atoms with van der Waals surface area (Å²) in [7, 11) is 0. The molecule has 1 aliphatic rings. The number of carbonyl (C=O) groups excluding carboxylic acids is 1. The molecule has 1 saturated heterocycles. The average Bonchev–Trinajstić information content (AvgIpc) is 2.48. The van der Waals surface area contributed by atoms with E-state index in [-0.39, 0.29) is 35.0 Å². The number of benzene rings is 1. The number of morpholine rings is 1. The molecule has 3 N–H and O–H groups in total. The standard InChI is InChI=1S/C13H18N4O4/c1-8-7-21-9(2)6-16(8)13(18)10-3-4-11(15-14)12(5-10)17(19)20/h3-5,8-9,15H,6-7,14H2,1-2H3. The van der Waals surface area contributed by atoms with E-state index in [4.69, 9.17) is 10.6 Å². The smallest absolute Gasteiger partial charge is 0.294 e. The number of hydrogen-bond donors (Lipinski definition) is 2. The second-order valence-corrected chi connectivity index (χ2v) is 5.08. The monoisotopic (exact) mass is 294 g/mol. The van der Waals surface area contributed by atoms with Gasteiger partial charge in [0.1, 0.15) is 5.69 Å². The maximum atomic E-state index is 12.5. The highest BCUT2D eigenvalue weighted by atomic mass is 16.6. The highest BCUT2D eigenvalue weighted by Crippen LogP contribution is 2.26. The first-order chi connectivity index (χ1) is 9.93. The Bertz CT molecular complexity index is 563. The van der Waals surface area contributed by atoms with Gasteiger partial charge >= 0.3 is 0 Å². The van der Waals surface area contributed by atoms with Gasteiger partial charge in [-0.3, -0.25) is 20.8 Å². The van der Waals surface area contributed by atoms with Crippen molar-refractivity contribution >= 4 is 17.3 Å². The van der Waals surface area contributed by atoms with E-state index in [1.165, 1.54) is 18.2 Å². The lowest BCUT2D eigenvalue weighted by atomic mass is 10.1. The van der Waals surface area contributed by atoms with Crippen LogP contribution in [0.5, 0.6) is 0 Å². The van der Waals surface area contributed by atoms with E-state index >= 15 is 0 Å². The molecule has 2 unspecified atom stereocenters. The summed E-state index contributed by atoms with van der Waals surface area (Å²) in [6.45, 7) is 4.69. The Hall–Kier alpha value is -2.19. The molecule has 1 aromatic rings. The fourth-order valence-electron chi connectivity index (χ4n) is 2.29. The van der Waals surface area contributed by atoms with Crippen LogP contribution >= 0.6 is 0 Å². The van der Waals surface area contributed by atoms with Crippen molar-refractivity contribution in [1.29, 1.82) is 0 Å². The van der Waals surface area contributed by atoms with Crippen LogP contribution in [-0.2, 0) is 4.74 Å². The number of nitrogens with zero attached hydrogens (tertiary/aromatic N) is 2. The minimum absolute atomic E-state index is 0.0508. The number of nitro benzene ring substituents is 1. The van der Waals surface area contributed by atoms with E-state index in [1.54, 1.807) is 4.90 Å². The summed E-state index contributed by atoms with van der Waals surface area (Å²) in [5, 5.41) is 11.0. The van der Waals surface area contributed by atoms with E-state index < -0.39 is 4.92 Å². The van der Waals surface area contributed by atoms with E-state index in [1.807, 2.05) is 13.8 Å². The minimum Gasteiger partial charge on any atom is -0.375 e. The lowest BCUT2D eigenvalue weighted by molar-refractivity contribution is -0.384. The van der Waals surface area contributed by atoms with E-state index in [0.29, 0.717) is 13.2 Å². The number of nitro groups is 1. The summed E-state index contributed by atoms with van der Waals surface area (Å²) in [6.07, 6.45) is -0.0508. The highest BCUT2D eigenvalue weighted by molar-refractivity contribution is 5.96. The van der Waals surface area contributed by atoms with Gasteiger partial charge in [-0.2, -0.15) is 0 Å². The zero-order valence-electron chi connectivity index (χ0n) is 11.9. The first-order valence-electron chi connectivity index (χ1n) is 6.61. The molecule has 1 aliphatic heterocycles. The van der Waals surface area contributed by atoms with Crippen molar-refractivity contribution in [2.75, 3.05) is 18.6 Å². The number of nitrogens with two attached hydrogens (primary N) is 1. The number of carbonyl (C=O) groups is 1. The lowest BCUT2D eigenvalue weighted by Crippen LogP contribution is -2.50. The van der Waals surface area contributed by atoms with Gasteiger partial charge in [-0.1, -0.05) is 0 Å². The molecule has 1 heterocycles. The maximum Gasteiger partial charge on any atom is 0.294 e. The van der Waals surface area contributed by atoms with Crippen molar-refractivity contribution in [3.63, 3.8) is 0 Å². The van der Waals surface area contributed by atoms with Gasteiger partial charge in [0.15, 0.2) is 0 Å². The quantitative estimate of drug-likeness (QED) is 0.491. The predicted molar refractivity (Wildman–Crippen MR) is 76.8 cm³/mol. The zero-order valence-corrected chi connectivity index (χ0v) is 11.9. The second kappa shape index (κ2) is 6.06. The molecule has 21 heavy (non-hydrogen) atoms. The molecule has 1 aromatic carbocycles. The molecule has 114 valence electrons. The molecule has 0 aliphatic carbocycles. The maximum absolute atomic E-state index is 12.5. The van der Waals surface area contributed by atoms with Crippen molar-refractivity contribution in [2.24, 2.45) is 5.84 Å². The van der Waals surface area contributed by atoms with Gasteiger partial charge in [0.05, 0.1) is 23.7 Å². The summed E-state index contributed by atoms with van der Waals surface area (Å²) in [5.74, 6) is 4.99. The molecule has 0 saturated carbocycles. The minimum atomic E-state index is -0.572. The molecule has 0 aromatic heterocycles. The second-order valence-electron chi connectivity index (χ2n) is 5.08. The van der Waals surface area contributed by atoms with Gasteiger partial charge in [-0.05, 0) is 26.0 Å². The van der Waals surface area contributed by atoms with Gasteiger partial charge in [-0.15, -0.1) is 0 Å². The summed E-state index contributed by atoms with van der Waals surface area (Å²) in [6, 6.07) is 4.13. The molecule has 2 rings (SSSR count). The Morgan fingerprint density at radius 1 is 1.52 bits per heavy atom. The number of nitrogen functional groups attached to an aromatic ring is 1. The molecular formula is C13H18N4O4. The third-order valence-electron chi connectivity index (χ3n) is 3.47. The number of nitrogens with one attached hydrogen (secondary N) is 1. The van der Waals surface area contributed by atoms with Crippen molar-refractivity contribution in [3.8, 4) is 0 Å². The summed E-state index contributed by atoms with van der Waals surface area (Å²) >= 11 is 0. The Kier molecular flexibility index (Phi) is 4.39. The van der Waals surface area contributed by atoms with E-state index in [9.17, 15) is 14.9 Å². The molecule has 1 fully saturated rings. The molecule has 8 nitrogen and oxygen atoms in total. The fourth-order valence-corrected chi connectivity index (χ4v) is 2.29. The van der Waals surface area contributed by atoms with Gasteiger partial charge in [0.25, 0.3) is 11.6 Å². The van der Waals surface area contributed by atoms with Crippen LogP contribution in [0.4, 0.5) is 11.4 Å². The molecule has 2 atom stereocenters. The van der Waals surface area contributed by atoms with Gasteiger partial charge in [-0.25, -0.2) is 0 Å². The fraction of sp³-hybridized carbons (Fsp3) is 0.462. The predicted octanol–water partition coefficient (Wildman–Crippen LogP) is 1.13.